The van der Waals surface area contributed by atoms with Crippen molar-refractivity contribution in [1.82, 2.24) is 9.62 Å². The zero-order valence-corrected chi connectivity index (χ0v) is 17.2. The molecule has 2 aromatic rings. The molecule has 0 aliphatic heterocycles. The quantitative estimate of drug-likeness (QED) is 0.609. The van der Waals surface area contributed by atoms with Gasteiger partial charge >= 0.3 is 6.36 Å². The molecule has 0 radical (unpaired) electrons. The second-order valence-electron chi connectivity index (χ2n) is 6.18. The van der Waals surface area contributed by atoms with Crippen LogP contribution in [0.4, 0.5) is 13.2 Å². The molecule has 2 aromatic carbocycles. The van der Waals surface area contributed by atoms with Gasteiger partial charge in [-0.25, -0.2) is 13.7 Å². The summed E-state index contributed by atoms with van der Waals surface area (Å²) in [6.45, 7) is 0.392. The molecule has 0 aliphatic rings. The van der Waals surface area contributed by atoms with E-state index >= 15 is 0 Å². The van der Waals surface area contributed by atoms with Crippen LogP contribution in [-0.4, -0.2) is 36.1 Å². The highest BCUT2D eigenvalue weighted by atomic mass is 35.5. The van der Waals surface area contributed by atoms with Crippen molar-refractivity contribution < 1.29 is 22.1 Å². The standard InChI is InChI=1S/C17H18Cl2F3N3O2S/c1-25(2)10-16(11-3-8-14(18)15(19)9-11)24-28(23,26)13-6-4-12(5-7-13)27-17(20,21)22/h3-9,16H,10H2,1-2H3,(H2,23,24,26)/t16-,28+/m1/s1. The number of halogens is 5. The maximum Gasteiger partial charge on any atom is 0.573 e. The van der Waals surface area contributed by atoms with E-state index in [4.69, 9.17) is 28.0 Å². The highest BCUT2D eigenvalue weighted by Crippen LogP contribution is 2.28. The fraction of sp³-hybridized carbons (Fsp3) is 0.294. The van der Waals surface area contributed by atoms with Gasteiger partial charge < -0.3 is 9.64 Å². The molecule has 0 bridgehead atoms. The third-order valence-electron chi connectivity index (χ3n) is 3.59. The molecular weight excluding hydrogens is 438 g/mol. The Morgan fingerprint density at radius 2 is 1.75 bits per heavy atom. The Morgan fingerprint density at radius 3 is 2.25 bits per heavy atom. The number of likely N-dealkylation sites (N-methyl/N-ethyl adjacent to an activating group) is 1. The molecule has 2 N–H and O–H groups in total. The zero-order chi connectivity index (χ0) is 21.1. The SMILES string of the molecule is CN(C)C[C@@H](N[S@](=N)(=O)c1ccc(OC(F)(F)F)cc1)c1ccc(Cl)c(Cl)c1. The number of alkyl halides is 3. The summed E-state index contributed by atoms with van der Waals surface area (Å²) in [6, 6.07) is 8.71. The van der Waals surface area contributed by atoms with E-state index in [1.54, 1.807) is 32.3 Å². The lowest BCUT2D eigenvalue weighted by Gasteiger charge is -2.24. The van der Waals surface area contributed by atoms with Crippen molar-refractivity contribution in [1.29, 1.82) is 4.78 Å². The van der Waals surface area contributed by atoms with E-state index in [1.165, 1.54) is 0 Å². The summed E-state index contributed by atoms with van der Waals surface area (Å²) in [5.41, 5.74) is 0.667. The predicted molar refractivity (Wildman–Crippen MR) is 103 cm³/mol. The lowest BCUT2D eigenvalue weighted by Crippen LogP contribution is -2.34. The minimum absolute atomic E-state index is 0.0193. The van der Waals surface area contributed by atoms with E-state index in [0.29, 0.717) is 22.2 Å². The highest BCUT2D eigenvalue weighted by molar-refractivity contribution is 7.90. The maximum atomic E-state index is 12.9. The third kappa shape index (κ3) is 6.52. The van der Waals surface area contributed by atoms with Gasteiger partial charge in [0.05, 0.1) is 21.0 Å². The van der Waals surface area contributed by atoms with Crippen LogP contribution in [0.3, 0.4) is 0 Å². The van der Waals surface area contributed by atoms with Crippen LogP contribution in [0, 0.1) is 4.78 Å². The van der Waals surface area contributed by atoms with E-state index in [9.17, 15) is 17.4 Å². The summed E-state index contributed by atoms with van der Waals surface area (Å²) in [7, 11) is 0.0873. The molecule has 0 unspecified atom stereocenters. The predicted octanol–water partition coefficient (Wildman–Crippen LogP) is 5.11. The van der Waals surface area contributed by atoms with Gasteiger partial charge in [-0.1, -0.05) is 29.3 Å². The van der Waals surface area contributed by atoms with Crippen molar-refractivity contribution in [2.75, 3.05) is 20.6 Å². The first-order valence-corrected chi connectivity index (χ1v) is 10.2. The maximum absolute atomic E-state index is 12.9. The molecule has 0 amide bonds. The lowest BCUT2D eigenvalue weighted by atomic mass is 10.1. The Morgan fingerprint density at radius 1 is 1.14 bits per heavy atom. The van der Waals surface area contributed by atoms with Crippen LogP contribution in [0.5, 0.6) is 5.75 Å². The molecular formula is C17H18Cl2F3N3O2S. The summed E-state index contributed by atoms with van der Waals surface area (Å²) >= 11 is 12.0. The normalized spacial score (nSPS) is 15.3. The number of hydrogen-bond donors (Lipinski definition) is 2. The highest BCUT2D eigenvalue weighted by Gasteiger charge is 2.31. The van der Waals surface area contributed by atoms with Crippen molar-refractivity contribution in [2.45, 2.75) is 17.3 Å². The molecule has 2 atom stereocenters. The van der Waals surface area contributed by atoms with Gasteiger partial charge in [0, 0.05) is 6.54 Å². The Bertz CT molecular complexity index is 920. The molecule has 0 aromatic heterocycles. The Hall–Kier alpha value is -1.52. The zero-order valence-electron chi connectivity index (χ0n) is 14.9. The van der Waals surface area contributed by atoms with E-state index in [-0.39, 0.29) is 4.90 Å². The number of rotatable bonds is 7. The summed E-state index contributed by atoms with van der Waals surface area (Å²) in [4.78, 5) is 1.85. The van der Waals surface area contributed by atoms with Crippen LogP contribution in [0.1, 0.15) is 11.6 Å². The summed E-state index contributed by atoms with van der Waals surface area (Å²) in [5, 5.41) is 0.677. The van der Waals surface area contributed by atoms with Gasteiger partial charge in [0.2, 0.25) is 0 Å². The van der Waals surface area contributed by atoms with Crippen LogP contribution in [0.25, 0.3) is 0 Å². The van der Waals surface area contributed by atoms with Gasteiger partial charge in [0.1, 0.15) is 15.7 Å². The second-order valence-corrected chi connectivity index (χ2v) is 8.82. The van der Waals surface area contributed by atoms with Crippen molar-refractivity contribution in [3.05, 3.63) is 58.1 Å². The van der Waals surface area contributed by atoms with Crippen molar-refractivity contribution in [3.8, 4) is 5.75 Å². The van der Waals surface area contributed by atoms with Gasteiger partial charge in [-0.3, -0.25) is 0 Å². The molecule has 0 spiro atoms. The second kappa shape index (κ2) is 8.87. The van der Waals surface area contributed by atoms with Gasteiger partial charge in [0.25, 0.3) is 0 Å². The molecule has 0 saturated carbocycles. The summed E-state index contributed by atoms with van der Waals surface area (Å²) < 4.78 is 64.5. The Balaban J connectivity index is 2.28. The molecule has 0 heterocycles. The van der Waals surface area contributed by atoms with E-state index in [0.717, 1.165) is 24.3 Å². The van der Waals surface area contributed by atoms with Crippen molar-refractivity contribution in [3.63, 3.8) is 0 Å². The van der Waals surface area contributed by atoms with Crippen molar-refractivity contribution in [2.24, 2.45) is 0 Å². The largest absolute Gasteiger partial charge is 0.573 e. The topological polar surface area (TPSA) is 65.4 Å². The minimum atomic E-state index is -4.83. The molecule has 28 heavy (non-hydrogen) atoms. The average molecular weight is 456 g/mol. The molecule has 154 valence electrons. The van der Waals surface area contributed by atoms with Crippen LogP contribution in [0.2, 0.25) is 10.0 Å². The van der Waals surface area contributed by atoms with Crippen LogP contribution >= 0.6 is 23.2 Å². The molecule has 0 aliphatic carbocycles. The van der Waals surface area contributed by atoms with Gasteiger partial charge in [-0.2, -0.15) is 0 Å². The fourth-order valence-corrected chi connectivity index (χ4v) is 3.98. The number of nitrogens with one attached hydrogen (secondary N) is 2. The fourth-order valence-electron chi connectivity index (χ4n) is 2.41. The lowest BCUT2D eigenvalue weighted by molar-refractivity contribution is -0.274. The third-order valence-corrected chi connectivity index (χ3v) is 5.88. The number of benzene rings is 2. The van der Waals surface area contributed by atoms with E-state index < -0.39 is 28.1 Å². The summed E-state index contributed by atoms with van der Waals surface area (Å²) in [5.74, 6) is -0.458. The molecule has 0 fully saturated rings. The first-order valence-electron chi connectivity index (χ1n) is 7.89. The molecule has 11 heteroatoms. The first kappa shape index (κ1) is 22.8. The van der Waals surface area contributed by atoms with Crippen LogP contribution in [-0.2, 0) is 9.92 Å². The summed E-state index contributed by atoms with van der Waals surface area (Å²) in [6.07, 6.45) is -4.83. The van der Waals surface area contributed by atoms with Gasteiger partial charge in [-0.15, -0.1) is 13.2 Å². The number of ether oxygens (including phenoxy) is 1. The number of hydrogen-bond acceptors (Lipinski definition) is 4. The molecule has 5 nitrogen and oxygen atoms in total. The van der Waals surface area contributed by atoms with Crippen LogP contribution < -0.4 is 9.46 Å². The molecule has 0 saturated heterocycles. The first-order chi connectivity index (χ1) is 12.9. The Labute approximate surface area is 171 Å². The van der Waals surface area contributed by atoms with E-state index in [2.05, 4.69) is 9.46 Å². The van der Waals surface area contributed by atoms with Crippen LogP contribution in [0.15, 0.2) is 47.4 Å². The Kier molecular flexibility index (Phi) is 7.22. The number of nitrogens with zero attached hydrogens (tertiary/aromatic N) is 1. The minimum Gasteiger partial charge on any atom is -0.406 e. The van der Waals surface area contributed by atoms with E-state index in [1.807, 2.05) is 4.90 Å². The average Bonchev–Trinajstić information content (AvgIpc) is 2.55. The van der Waals surface area contributed by atoms with Gasteiger partial charge in [-0.05, 0) is 56.1 Å². The van der Waals surface area contributed by atoms with Crippen molar-refractivity contribution >= 4 is 33.1 Å². The molecule has 2 rings (SSSR count). The smallest absolute Gasteiger partial charge is 0.406 e. The monoisotopic (exact) mass is 455 g/mol. The van der Waals surface area contributed by atoms with Gasteiger partial charge in [0.15, 0.2) is 0 Å².